The molecule has 2 N–H and O–H groups in total. The molecule has 5 heteroatoms. The highest BCUT2D eigenvalue weighted by Crippen LogP contribution is 2.51. The molecule has 1 nitrogen and oxygen atoms in total. The zero-order valence-corrected chi connectivity index (χ0v) is 7.37. The van der Waals surface area contributed by atoms with Gasteiger partial charge in [-0.1, -0.05) is 0 Å². The van der Waals surface area contributed by atoms with Crippen LogP contribution in [-0.2, 0) is 0 Å². The second-order valence-electron chi connectivity index (χ2n) is 2.84. The summed E-state index contributed by atoms with van der Waals surface area (Å²) in [7, 11) is 0. The van der Waals surface area contributed by atoms with Gasteiger partial charge in [0.25, 0.3) is 0 Å². The van der Waals surface area contributed by atoms with Gasteiger partial charge in [-0.05, 0) is 28.8 Å². The topological polar surface area (TPSA) is 26.0 Å². The summed E-state index contributed by atoms with van der Waals surface area (Å²) in [6.07, 6.45) is 1.02. The predicted molar refractivity (Wildman–Crippen MR) is 39.5 cm³/mol. The van der Waals surface area contributed by atoms with Crippen molar-refractivity contribution in [3.63, 3.8) is 0 Å². The molecule has 1 unspecified atom stereocenters. The maximum atomic E-state index is 13.3. The molecular formula is C6H9BrF3N. The van der Waals surface area contributed by atoms with Crippen molar-refractivity contribution in [1.29, 1.82) is 0 Å². The first-order chi connectivity index (χ1) is 4.92. The zero-order chi connectivity index (χ0) is 8.70. The number of nitrogens with two attached hydrogens (primary N) is 1. The van der Waals surface area contributed by atoms with Gasteiger partial charge in [0.05, 0.1) is 0 Å². The van der Waals surface area contributed by atoms with Gasteiger partial charge < -0.3 is 5.73 Å². The van der Waals surface area contributed by atoms with E-state index in [4.69, 9.17) is 5.73 Å². The summed E-state index contributed by atoms with van der Waals surface area (Å²) in [4.78, 5) is -3.49. The number of hydrogen-bond acceptors (Lipinski definition) is 1. The number of rotatable bonds is 3. The highest BCUT2D eigenvalue weighted by Gasteiger charge is 2.60. The van der Waals surface area contributed by atoms with E-state index >= 15 is 0 Å². The lowest BCUT2D eigenvalue weighted by Crippen LogP contribution is -2.48. The molecule has 1 aliphatic carbocycles. The Morgan fingerprint density at radius 3 is 1.91 bits per heavy atom. The molecule has 0 aliphatic heterocycles. The first-order valence-corrected chi connectivity index (χ1v) is 4.17. The van der Waals surface area contributed by atoms with E-state index in [1.165, 1.54) is 0 Å². The van der Waals surface area contributed by atoms with Crippen molar-refractivity contribution in [2.75, 3.05) is 6.54 Å². The number of hydrogen-bond donors (Lipinski definition) is 1. The smallest absolute Gasteiger partial charge is 0.327 e. The van der Waals surface area contributed by atoms with Gasteiger partial charge in [0.1, 0.15) is 0 Å². The van der Waals surface area contributed by atoms with Crippen LogP contribution in [0.25, 0.3) is 0 Å². The third kappa shape index (κ3) is 1.54. The summed E-state index contributed by atoms with van der Waals surface area (Å²) >= 11 is 2.01. The summed E-state index contributed by atoms with van der Waals surface area (Å²) < 4.78 is 38.3. The molecule has 0 aromatic carbocycles. The highest BCUT2D eigenvalue weighted by molar-refractivity contribution is 9.10. The lowest BCUT2D eigenvalue weighted by Gasteiger charge is -2.27. The van der Waals surface area contributed by atoms with Crippen molar-refractivity contribution in [2.45, 2.75) is 23.3 Å². The molecule has 0 saturated heterocycles. The molecular weight excluding hydrogens is 223 g/mol. The fourth-order valence-corrected chi connectivity index (χ4v) is 1.54. The van der Waals surface area contributed by atoms with E-state index in [1.807, 2.05) is 15.9 Å². The van der Waals surface area contributed by atoms with Crippen molar-refractivity contribution < 1.29 is 13.2 Å². The molecule has 0 amide bonds. The van der Waals surface area contributed by atoms with Crippen LogP contribution in [0.4, 0.5) is 13.2 Å². The van der Waals surface area contributed by atoms with Gasteiger partial charge >= 0.3 is 4.83 Å². The van der Waals surface area contributed by atoms with Crippen LogP contribution in [0.5, 0.6) is 0 Å². The van der Waals surface area contributed by atoms with Crippen LogP contribution in [0, 0.1) is 5.92 Å². The van der Waals surface area contributed by atoms with Crippen LogP contribution in [0.15, 0.2) is 0 Å². The zero-order valence-electron chi connectivity index (χ0n) is 5.79. The molecule has 1 aliphatic rings. The molecule has 0 aromatic heterocycles. The van der Waals surface area contributed by atoms with Gasteiger partial charge in [-0.3, -0.25) is 0 Å². The fourth-order valence-electron chi connectivity index (χ4n) is 1.05. The molecule has 1 fully saturated rings. The Bertz CT molecular complexity index is 154. The van der Waals surface area contributed by atoms with Crippen molar-refractivity contribution in [3.8, 4) is 0 Å². The number of halogens is 4. The maximum Gasteiger partial charge on any atom is 0.336 e. The van der Waals surface area contributed by atoms with E-state index in [-0.39, 0.29) is 0 Å². The van der Waals surface area contributed by atoms with Crippen LogP contribution >= 0.6 is 15.9 Å². The Balaban J connectivity index is 2.73. The second-order valence-corrected chi connectivity index (χ2v) is 3.83. The van der Waals surface area contributed by atoms with Crippen molar-refractivity contribution in [1.82, 2.24) is 0 Å². The summed E-state index contributed by atoms with van der Waals surface area (Å²) in [6.45, 7) is -0.629. The van der Waals surface area contributed by atoms with E-state index in [0.29, 0.717) is 12.8 Å². The van der Waals surface area contributed by atoms with Crippen molar-refractivity contribution in [2.24, 2.45) is 11.7 Å². The minimum atomic E-state index is -3.49. The quantitative estimate of drug-likeness (QED) is 0.740. The monoisotopic (exact) mass is 231 g/mol. The molecule has 0 spiro atoms. The number of alkyl halides is 4. The van der Waals surface area contributed by atoms with E-state index in [0.717, 1.165) is 0 Å². The molecule has 1 rings (SSSR count). The Labute approximate surface area is 71.3 Å². The molecule has 1 atom stereocenters. The van der Waals surface area contributed by atoms with E-state index < -0.39 is 23.0 Å². The van der Waals surface area contributed by atoms with Crippen LogP contribution in [0.2, 0.25) is 0 Å². The average Bonchev–Trinajstić information content (AvgIpc) is 2.64. The van der Waals surface area contributed by atoms with Crippen LogP contribution in [0.1, 0.15) is 12.8 Å². The largest absolute Gasteiger partial charge is 0.336 e. The first kappa shape index (κ1) is 9.32. The third-order valence-electron chi connectivity index (χ3n) is 1.99. The van der Waals surface area contributed by atoms with Gasteiger partial charge in [0.15, 0.2) is 5.67 Å². The Morgan fingerprint density at radius 1 is 1.36 bits per heavy atom. The SMILES string of the molecule is NCC(F)(C1CC1)C(F)(F)Br. The summed E-state index contributed by atoms with van der Waals surface area (Å²) in [5.41, 5.74) is 2.40. The molecule has 0 heterocycles. The van der Waals surface area contributed by atoms with Gasteiger partial charge in [-0.15, -0.1) is 0 Å². The Hall–Kier alpha value is 0.230. The van der Waals surface area contributed by atoms with Crippen LogP contribution < -0.4 is 5.73 Å². The summed E-state index contributed by atoms with van der Waals surface area (Å²) in [6, 6.07) is 0. The molecule has 1 saturated carbocycles. The molecule has 0 bridgehead atoms. The molecule has 66 valence electrons. The van der Waals surface area contributed by atoms with Gasteiger partial charge in [0, 0.05) is 12.5 Å². The lowest BCUT2D eigenvalue weighted by atomic mass is 10.0. The Morgan fingerprint density at radius 2 is 1.82 bits per heavy atom. The molecule has 0 radical (unpaired) electrons. The van der Waals surface area contributed by atoms with Crippen molar-refractivity contribution in [3.05, 3.63) is 0 Å². The highest BCUT2D eigenvalue weighted by atomic mass is 79.9. The summed E-state index contributed by atoms with van der Waals surface area (Å²) in [5.74, 6) is -0.568. The van der Waals surface area contributed by atoms with E-state index in [9.17, 15) is 13.2 Å². The minimum Gasteiger partial charge on any atom is -0.327 e. The van der Waals surface area contributed by atoms with Crippen LogP contribution in [-0.4, -0.2) is 17.0 Å². The van der Waals surface area contributed by atoms with E-state index in [2.05, 4.69) is 0 Å². The predicted octanol–water partition coefficient (Wildman–Crippen LogP) is 2.05. The lowest BCUT2D eigenvalue weighted by molar-refractivity contribution is -0.0664. The average molecular weight is 232 g/mol. The standard InChI is InChI=1S/C6H9BrF3N/c7-6(9,10)5(8,3-11)4-1-2-4/h4H,1-3,11H2. The van der Waals surface area contributed by atoms with Crippen LogP contribution in [0.3, 0.4) is 0 Å². The molecule has 11 heavy (non-hydrogen) atoms. The minimum absolute atomic E-state index is 0.509. The van der Waals surface area contributed by atoms with E-state index in [1.54, 1.807) is 0 Å². The fraction of sp³-hybridized carbons (Fsp3) is 1.00. The maximum absolute atomic E-state index is 13.3. The van der Waals surface area contributed by atoms with Gasteiger partial charge in [-0.2, -0.15) is 8.78 Å². The summed E-state index contributed by atoms with van der Waals surface area (Å²) in [5, 5.41) is 0. The first-order valence-electron chi connectivity index (χ1n) is 3.37. The van der Waals surface area contributed by atoms with Crippen molar-refractivity contribution >= 4 is 15.9 Å². The third-order valence-corrected chi connectivity index (χ3v) is 2.65. The second kappa shape index (κ2) is 2.62. The Kier molecular flexibility index (Phi) is 2.22. The van der Waals surface area contributed by atoms with Gasteiger partial charge in [0.2, 0.25) is 0 Å². The normalized spacial score (nSPS) is 24.8. The molecule has 0 aromatic rings. The van der Waals surface area contributed by atoms with Gasteiger partial charge in [-0.25, -0.2) is 4.39 Å².